The van der Waals surface area contributed by atoms with Crippen LogP contribution in [0.5, 0.6) is 0 Å². The van der Waals surface area contributed by atoms with Gasteiger partial charge in [-0.15, -0.1) is 0 Å². The Morgan fingerprint density at radius 3 is 1.16 bits per heavy atom. The van der Waals surface area contributed by atoms with Crippen LogP contribution in [0.25, 0.3) is 0 Å². The second-order valence-corrected chi connectivity index (χ2v) is 21.3. The van der Waals surface area contributed by atoms with Gasteiger partial charge in [0.05, 0.1) is 54.9 Å². The summed E-state index contributed by atoms with van der Waals surface area (Å²) in [7, 11) is 0. The number of hydrogen-bond acceptors (Lipinski definition) is 11. The number of epoxide rings is 4. The topological polar surface area (TPSA) is 149 Å². The van der Waals surface area contributed by atoms with E-state index in [1.807, 2.05) is 0 Å². The summed E-state index contributed by atoms with van der Waals surface area (Å²) < 4.78 is 40.3. The molecule has 4 heterocycles. The monoisotopic (exact) mass is 963 g/mol. The first-order valence-corrected chi connectivity index (χ1v) is 29.1. The zero-order chi connectivity index (χ0) is 48.4. The molecule has 0 aromatic carbocycles. The molecule has 0 radical (unpaired) electrons. The van der Waals surface area contributed by atoms with Crippen LogP contribution in [-0.2, 0) is 47.5 Å². The maximum absolute atomic E-state index is 12.9. The van der Waals surface area contributed by atoms with Crippen LogP contribution in [0.2, 0.25) is 0 Å². The Morgan fingerprint density at radius 2 is 0.706 bits per heavy atom. The Labute approximate surface area is 414 Å². The summed E-state index contributed by atoms with van der Waals surface area (Å²) in [5.74, 6) is -0.998. The van der Waals surface area contributed by atoms with Crippen LogP contribution in [0.4, 0.5) is 0 Å². The first-order valence-electron chi connectivity index (χ1n) is 29.1. The van der Waals surface area contributed by atoms with E-state index in [-0.39, 0.29) is 43.6 Å². The van der Waals surface area contributed by atoms with Gasteiger partial charge >= 0.3 is 17.9 Å². The van der Waals surface area contributed by atoms with Gasteiger partial charge in [-0.05, 0) is 70.6 Å². The third-order valence-corrected chi connectivity index (χ3v) is 14.8. The second kappa shape index (κ2) is 37.0. The molecule has 1 N–H and O–H groups in total. The molecule has 11 nitrogen and oxygen atoms in total. The van der Waals surface area contributed by atoms with Crippen molar-refractivity contribution in [1.82, 2.24) is 0 Å². The predicted molar refractivity (Wildman–Crippen MR) is 270 cm³/mol. The Balaban J connectivity index is 1.01. The van der Waals surface area contributed by atoms with Crippen molar-refractivity contribution >= 4 is 17.9 Å². The van der Waals surface area contributed by atoms with E-state index >= 15 is 0 Å². The summed E-state index contributed by atoms with van der Waals surface area (Å²) in [5.41, 5.74) is 0. The first-order chi connectivity index (χ1) is 33.3. The SMILES string of the molecule is CCCCCCCCC1OC1CCCCCCCC(=O)OC(COC(=O)CCCCCCCC(O)CCC1OC1CCCCC)COC(=O)CCCCCCCC1OC1CC1OC1CCCCC. The maximum atomic E-state index is 12.9. The lowest BCUT2D eigenvalue weighted by atomic mass is 10.0. The standard InChI is InChI=1S/C57H102O11/c1-4-7-10-11-16-25-34-47-48(65-47)35-26-17-14-21-30-39-57(61)64-46(43-62-55(59)37-28-19-12-15-24-31-45(58)40-41-52-49(66-52)32-22-8-5-2)44-63-56(60)38-29-20-13-18-27-36-51-54(68-51)42-53-50(67-53)33-23-9-6-3/h45-54,58H,4-44H2,1-3H3. The van der Waals surface area contributed by atoms with E-state index in [2.05, 4.69) is 20.8 Å². The molecule has 4 fully saturated rings. The Kier molecular flexibility index (Phi) is 32.0. The van der Waals surface area contributed by atoms with Crippen LogP contribution in [-0.4, -0.2) is 97.3 Å². The lowest BCUT2D eigenvalue weighted by Crippen LogP contribution is -2.30. The van der Waals surface area contributed by atoms with Crippen LogP contribution in [0.1, 0.15) is 271 Å². The molecule has 10 atom stereocenters. The van der Waals surface area contributed by atoms with Crippen LogP contribution in [0, 0.1) is 0 Å². The summed E-state index contributed by atoms with van der Waals surface area (Å²) in [6.45, 7) is 6.47. The number of hydrogen-bond donors (Lipinski definition) is 1. The molecule has 0 bridgehead atoms. The normalized spacial score (nSPS) is 24.4. The maximum Gasteiger partial charge on any atom is 0.306 e. The third kappa shape index (κ3) is 29.5. The molecular weight excluding hydrogens is 861 g/mol. The van der Waals surface area contributed by atoms with E-state index < -0.39 is 6.10 Å². The van der Waals surface area contributed by atoms with E-state index in [1.165, 1.54) is 89.9 Å². The van der Waals surface area contributed by atoms with Gasteiger partial charge < -0.3 is 38.3 Å². The van der Waals surface area contributed by atoms with Gasteiger partial charge in [0.15, 0.2) is 6.10 Å². The Bertz CT molecular complexity index is 1260. The molecule has 0 aliphatic carbocycles. The first kappa shape index (κ1) is 58.8. The smallest absolute Gasteiger partial charge is 0.306 e. The fraction of sp³-hybridized carbons (Fsp3) is 0.947. The number of unbranched alkanes of at least 4 members (excludes halogenated alkanes) is 21. The lowest BCUT2D eigenvalue weighted by Gasteiger charge is -2.18. The van der Waals surface area contributed by atoms with Gasteiger partial charge in [0.25, 0.3) is 0 Å². The van der Waals surface area contributed by atoms with Crippen molar-refractivity contribution in [2.75, 3.05) is 13.2 Å². The highest BCUT2D eigenvalue weighted by Gasteiger charge is 2.47. The van der Waals surface area contributed by atoms with Gasteiger partial charge in [-0.3, -0.25) is 14.4 Å². The van der Waals surface area contributed by atoms with Crippen LogP contribution < -0.4 is 0 Å². The van der Waals surface area contributed by atoms with Gasteiger partial charge in [-0.25, -0.2) is 0 Å². The third-order valence-electron chi connectivity index (χ3n) is 14.8. The van der Waals surface area contributed by atoms with Gasteiger partial charge in [0.1, 0.15) is 13.2 Å². The summed E-state index contributed by atoms with van der Waals surface area (Å²) in [4.78, 5) is 38.3. The van der Waals surface area contributed by atoms with Crippen molar-refractivity contribution in [2.24, 2.45) is 0 Å². The van der Waals surface area contributed by atoms with E-state index in [0.29, 0.717) is 61.7 Å². The van der Waals surface area contributed by atoms with Crippen LogP contribution in [0.3, 0.4) is 0 Å². The van der Waals surface area contributed by atoms with E-state index in [1.54, 1.807) is 0 Å². The fourth-order valence-electron chi connectivity index (χ4n) is 10.0. The van der Waals surface area contributed by atoms with Gasteiger partial charge in [-0.2, -0.15) is 0 Å². The number of carbonyl (C=O) groups is 3. The minimum atomic E-state index is -0.824. The van der Waals surface area contributed by atoms with Crippen molar-refractivity contribution in [1.29, 1.82) is 0 Å². The number of aliphatic hydroxyl groups excluding tert-OH is 1. The number of rotatable bonds is 49. The minimum Gasteiger partial charge on any atom is -0.462 e. The molecule has 0 saturated carbocycles. The predicted octanol–water partition coefficient (Wildman–Crippen LogP) is 13.7. The molecule has 68 heavy (non-hydrogen) atoms. The highest BCUT2D eigenvalue weighted by atomic mass is 16.6. The quantitative estimate of drug-likeness (QED) is 0.0269. The zero-order valence-corrected chi connectivity index (χ0v) is 43.8. The van der Waals surface area contributed by atoms with Crippen molar-refractivity contribution in [3.8, 4) is 0 Å². The number of esters is 3. The summed E-state index contributed by atoms with van der Waals surface area (Å²) >= 11 is 0. The van der Waals surface area contributed by atoms with Crippen LogP contribution in [0.15, 0.2) is 0 Å². The molecule has 4 rings (SSSR count). The zero-order valence-electron chi connectivity index (χ0n) is 43.8. The fourth-order valence-corrected chi connectivity index (χ4v) is 10.0. The van der Waals surface area contributed by atoms with Crippen molar-refractivity contribution in [2.45, 2.75) is 332 Å². The van der Waals surface area contributed by atoms with E-state index in [4.69, 9.17) is 33.2 Å². The molecule has 4 aliphatic rings. The number of ether oxygens (including phenoxy) is 7. The average molecular weight is 963 g/mol. The van der Waals surface area contributed by atoms with Crippen molar-refractivity contribution in [3.05, 3.63) is 0 Å². The summed E-state index contributed by atoms with van der Waals surface area (Å²) in [5, 5.41) is 10.4. The van der Waals surface area contributed by atoms with Gasteiger partial charge in [0, 0.05) is 25.7 Å². The molecular formula is C57H102O11. The number of carbonyl (C=O) groups excluding carboxylic acids is 3. The second-order valence-electron chi connectivity index (χ2n) is 21.3. The highest BCUT2D eigenvalue weighted by Crippen LogP contribution is 2.39. The summed E-state index contributed by atoms with van der Waals surface area (Å²) in [6.07, 6.45) is 42.8. The molecule has 396 valence electrons. The lowest BCUT2D eigenvalue weighted by molar-refractivity contribution is -0.167. The largest absolute Gasteiger partial charge is 0.462 e. The molecule has 0 amide bonds. The van der Waals surface area contributed by atoms with Crippen LogP contribution >= 0.6 is 0 Å². The highest BCUT2D eigenvalue weighted by molar-refractivity contribution is 5.71. The number of aliphatic hydroxyl groups is 1. The molecule has 10 unspecified atom stereocenters. The van der Waals surface area contributed by atoms with E-state index in [9.17, 15) is 19.5 Å². The Morgan fingerprint density at radius 1 is 0.382 bits per heavy atom. The molecule has 11 heteroatoms. The van der Waals surface area contributed by atoms with Crippen molar-refractivity contribution in [3.63, 3.8) is 0 Å². The molecule has 0 spiro atoms. The Hall–Kier alpha value is -1.79. The molecule has 4 aliphatic heterocycles. The van der Waals surface area contributed by atoms with Crippen molar-refractivity contribution < 1.29 is 52.6 Å². The van der Waals surface area contributed by atoms with Gasteiger partial charge in [0.2, 0.25) is 0 Å². The average Bonchev–Trinajstić information content (AvgIpc) is 4.15. The van der Waals surface area contributed by atoms with E-state index in [0.717, 1.165) is 141 Å². The van der Waals surface area contributed by atoms with Gasteiger partial charge in [-0.1, -0.05) is 175 Å². The molecule has 4 saturated heterocycles. The summed E-state index contributed by atoms with van der Waals surface area (Å²) in [6, 6.07) is 0. The molecule has 0 aromatic heterocycles. The molecule has 0 aromatic rings. The minimum absolute atomic E-state index is 0.117.